The van der Waals surface area contributed by atoms with Crippen LogP contribution in [0.4, 0.5) is 0 Å². The van der Waals surface area contributed by atoms with E-state index in [1.165, 1.54) is 11.1 Å². The highest BCUT2D eigenvalue weighted by atomic mass is 14.1. The number of hydrogen-bond acceptors (Lipinski definition) is 0. The number of hydrogen-bond donors (Lipinski definition) is 0. The number of rotatable bonds is 3. The molecule has 0 aliphatic rings. The Balaban J connectivity index is 5.08. The lowest BCUT2D eigenvalue weighted by atomic mass is 9.91. The molecule has 0 saturated carbocycles. The van der Waals surface area contributed by atoms with Crippen LogP contribution in [0.5, 0.6) is 0 Å². The second kappa shape index (κ2) is 4.30. The maximum atomic E-state index is 3.96. The van der Waals surface area contributed by atoms with E-state index in [1.807, 2.05) is 13.8 Å². The fourth-order valence-electron chi connectivity index (χ4n) is 1.33. The normalized spacial score (nSPS) is 9.83. The van der Waals surface area contributed by atoms with Crippen molar-refractivity contribution < 1.29 is 0 Å². The fraction of sp³-hybridized carbons (Fsp3) is 0.500. The zero-order valence-electron chi connectivity index (χ0n) is 8.99. The third kappa shape index (κ3) is 2.69. The third-order valence-corrected chi connectivity index (χ3v) is 2.11. The fourth-order valence-corrected chi connectivity index (χ4v) is 1.33. The predicted molar refractivity (Wildman–Crippen MR) is 57.2 cm³/mol. The summed E-state index contributed by atoms with van der Waals surface area (Å²) in [6.45, 7) is 18.5. The second-order valence-electron chi connectivity index (χ2n) is 3.77. The van der Waals surface area contributed by atoms with Crippen molar-refractivity contribution in [2.24, 2.45) is 5.92 Å². The van der Waals surface area contributed by atoms with E-state index in [1.54, 1.807) is 0 Å². The van der Waals surface area contributed by atoms with Crippen molar-refractivity contribution in [3.8, 4) is 0 Å². The number of allylic oxidation sites excluding steroid dienone is 4. The van der Waals surface area contributed by atoms with Gasteiger partial charge in [0.05, 0.1) is 0 Å². The van der Waals surface area contributed by atoms with Gasteiger partial charge in [0, 0.05) is 0 Å². The molecule has 0 nitrogen and oxygen atoms in total. The molecule has 0 aromatic carbocycles. The average Bonchev–Trinajstić information content (AvgIpc) is 1.85. The molecule has 0 saturated heterocycles. The quantitative estimate of drug-likeness (QED) is 0.551. The van der Waals surface area contributed by atoms with Crippen LogP contribution in [0.25, 0.3) is 0 Å². The molecule has 0 fully saturated rings. The molecule has 0 radical (unpaired) electrons. The minimum atomic E-state index is 0.577. The van der Waals surface area contributed by atoms with Crippen molar-refractivity contribution in [1.29, 1.82) is 0 Å². The molecule has 0 unspecified atom stereocenters. The third-order valence-electron chi connectivity index (χ3n) is 2.11. The van der Waals surface area contributed by atoms with Crippen LogP contribution in [0.2, 0.25) is 0 Å². The molecule has 0 rings (SSSR count). The van der Waals surface area contributed by atoms with E-state index in [2.05, 4.69) is 33.9 Å². The smallest absolute Gasteiger partial charge is 0.0218 e. The Morgan fingerprint density at radius 2 is 1.25 bits per heavy atom. The van der Waals surface area contributed by atoms with Gasteiger partial charge in [0.1, 0.15) is 0 Å². The van der Waals surface area contributed by atoms with E-state index >= 15 is 0 Å². The Hall–Kier alpha value is -0.780. The molecule has 68 valence electrons. The summed E-state index contributed by atoms with van der Waals surface area (Å²) >= 11 is 0. The van der Waals surface area contributed by atoms with Gasteiger partial charge in [-0.1, -0.05) is 43.7 Å². The van der Waals surface area contributed by atoms with Crippen molar-refractivity contribution in [3.05, 3.63) is 35.5 Å². The van der Waals surface area contributed by atoms with Crippen molar-refractivity contribution in [2.75, 3.05) is 0 Å². The van der Waals surface area contributed by atoms with E-state index in [0.29, 0.717) is 5.92 Å². The molecule has 0 N–H and O–H groups in total. The first-order valence-corrected chi connectivity index (χ1v) is 4.40. The minimum Gasteiger partial charge on any atom is -0.0955 e. The second-order valence-corrected chi connectivity index (χ2v) is 3.77. The van der Waals surface area contributed by atoms with E-state index in [0.717, 1.165) is 11.1 Å². The molecule has 0 atom stereocenters. The van der Waals surface area contributed by atoms with Crippen LogP contribution in [0.1, 0.15) is 34.6 Å². The maximum absolute atomic E-state index is 3.96. The van der Waals surface area contributed by atoms with Gasteiger partial charge in [-0.2, -0.15) is 0 Å². The predicted octanol–water partition coefficient (Wildman–Crippen LogP) is 4.11. The van der Waals surface area contributed by atoms with Gasteiger partial charge in [-0.15, -0.1) is 0 Å². The molecule has 0 amide bonds. The summed E-state index contributed by atoms with van der Waals surface area (Å²) in [5.41, 5.74) is 4.88. The molecular formula is C12H20. The molecule has 0 bridgehead atoms. The average molecular weight is 164 g/mol. The Labute approximate surface area is 76.7 Å². The molecule has 0 aromatic rings. The van der Waals surface area contributed by atoms with Gasteiger partial charge in [-0.3, -0.25) is 0 Å². The molecule has 0 heterocycles. The molecular weight excluding hydrogens is 144 g/mol. The summed E-state index contributed by atoms with van der Waals surface area (Å²) in [4.78, 5) is 0. The van der Waals surface area contributed by atoms with Gasteiger partial charge >= 0.3 is 0 Å². The van der Waals surface area contributed by atoms with Gasteiger partial charge in [0.2, 0.25) is 0 Å². The van der Waals surface area contributed by atoms with Gasteiger partial charge in [-0.05, 0) is 32.3 Å². The van der Waals surface area contributed by atoms with E-state index in [4.69, 9.17) is 0 Å². The summed E-state index contributed by atoms with van der Waals surface area (Å²) in [6.07, 6.45) is 0. The Kier molecular flexibility index (Phi) is 4.02. The lowest BCUT2D eigenvalue weighted by molar-refractivity contribution is 0.760. The van der Waals surface area contributed by atoms with E-state index in [9.17, 15) is 0 Å². The van der Waals surface area contributed by atoms with Crippen LogP contribution in [0.3, 0.4) is 0 Å². The monoisotopic (exact) mass is 164 g/mol. The molecule has 0 aliphatic carbocycles. The highest BCUT2D eigenvalue weighted by Crippen LogP contribution is 2.24. The largest absolute Gasteiger partial charge is 0.0955 e. The van der Waals surface area contributed by atoms with Crippen molar-refractivity contribution >= 4 is 0 Å². The van der Waals surface area contributed by atoms with E-state index in [-0.39, 0.29) is 0 Å². The highest BCUT2D eigenvalue weighted by molar-refractivity contribution is 5.45. The summed E-state index contributed by atoms with van der Waals surface area (Å²) in [7, 11) is 0. The molecule has 0 aromatic heterocycles. The standard InChI is InChI=1S/C12H20/c1-8(2)11(7)12(9(3)4)10(5)6/h8H,3,5H2,1-2,4,6-7H3. The minimum absolute atomic E-state index is 0.577. The molecule has 0 heteroatoms. The Bertz CT molecular complexity index is 210. The van der Waals surface area contributed by atoms with Gasteiger partial charge in [0.15, 0.2) is 0 Å². The first-order valence-electron chi connectivity index (χ1n) is 4.40. The summed E-state index contributed by atoms with van der Waals surface area (Å²) in [6, 6.07) is 0. The first-order chi connectivity index (χ1) is 5.37. The molecule has 12 heavy (non-hydrogen) atoms. The molecule has 0 spiro atoms. The van der Waals surface area contributed by atoms with Crippen LogP contribution in [0.15, 0.2) is 35.5 Å². The summed E-state index contributed by atoms with van der Waals surface area (Å²) in [5.74, 6) is 0.577. The zero-order valence-corrected chi connectivity index (χ0v) is 8.99. The van der Waals surface area contributed by atoms with Crippen molar-refractivity contribution in [3.63, 3.8) is 0 Å². The van der Waals surface area contributed by atoms with Crippen molar-refractivity contribution in [1.82, 2.24) is 0 Å². The Morgan fingerprint density at radius 1 is 0.917 bits per heavy atom. The maximum Gasteiger partial charge on any atom is -0.0218 e. The summed E-state index contributed by atoms with van der Waals surface area (Å²) in [5, 5.41) is 0. The first kappa shape index (κ1) is 11.2. The van der Waals surface area contributed by atoms with Gasteiger partial charge in [-0.25, -0.2) is 0 Å². The van der Waals surface area contributed by atoms with Crippen LogP contribution in [-0.2, 0) is 0 Å². The van der Waals surface area contributed by atoms with Gasteiger partial charge < -0.3 is 0 Å². The SMILES string of the molecule is C=C(C)C(C(=C)C)=C(C)C(C)C. The van der Waals surface area contributed by atoms with Gasteiger partial charge in [0.25, 0.3) is 0 Å². The van der Waals surface area contributed by atoms with E-state index < -0.39 is 0 Å². The Morgan fingerprint density at radius 3 is 1.33 bits per heavy atom. The van der Waals surface area contributed by atoms with Crippen molar-refractivity contribution in [2.45, 2.75) is 34.6 Å². The topological polar surface area (TPSA) is 0 Å². The lowest BCUT2D eigenvalue weighted by Gasteiger charge is -2.14. The summed E-state index contributed by atoms with van der Waals surface area (Å²) < 4.78 is 0. The van der Waals surface area contributed by atoms with Crippen LogP contribution < -0.4 is 0 Å². The lowest BCUT2D eigenvalue weighted by Crippen LogP contribution is -1.97. The van der Waals surface area contributed by atoms with Crippen LogP contribution in [-0.4, -0.2) is 0 Å². The highest BCUT2D eigenvalue weighted by Gasteiger charge is 2.06. The zero-order chi connectivity index (χ0) is 9.89. The van der Waals surface area contributed by atoms with Crippen LogP contribution >= 0.6 is 0 Å². The molecule has 0 aliphatic heterocycles. The van der Waals surface area contributed by atoms with Crippen LogP contribution in [0, 0.1) is 5.92 Å².